The van der Waals surface area contributed by atoms with Gasteiger partial charge in [0.2, 0.25) is 5.91 Å². The van der Waals surface area contributed by atoms with Crippen LogP contribution in [-0.2, 0) is 15.8 Å². The number of alkyl halides is 3. The summed E-state index contributed by atoms with van der Waals surface area (Å²) >= 11 is 0. The van der Waals surface area contributed by atoms with Gasteiger partial charge in [0.15, 0.2) is 0 Å². The van der Waals surface area contributed by atoms with Gasteiger partial charge in [-0.25, -0.2) is 4.79 Å². The Labute approximate surface area is 149 Å². The third-order valence-corrected chi connectivity index (χ3v) is 4.46. The highest BCUT2D eigenvalue weighted by molar-refractivity contribution is 6.04. The molecule has 8 heteroatoms. The molecule has 142 valence electrons. The molecule has 1 aliphatic rings. The number of rotatable bonds is 5. The van der Waals surface area contributed by atoms with Crippen LogP contribution in [0, 0.1) is 0 Å². The van der Waals surface area contributed by atoms with Crippen LogP contribution >= 0.6 is 0 Å². The first-order valence-electron chi connectivity index (χ1n) is 8.34. The molecule has 26 heavy (non-hydrogen) atoms. The number of benzene rings is 1. The van der Waals surface area contributed by atoms with Gasteiger partial charge < -0.3 is 15.3 Å². The molecule has 0 heterocycles. The zero-order valence-corrected chi connectivity index (χ0v) is 14.3. The molecule has 1 aromatic rings. The van der Waals surface area contributed by atoms with Crippen LogP contribution < -0.4 is 10.2 Å². The highest BCUT2D eigenvalue weighted by Crippen LogP contribution is 2.37. The topological polar surface area (TPSA) is 69.6 Å². The summed E-state index contributed by atoms with van der Waals surface area (Å²) in [5, 5.41) is 10.9. The van der Waals surface area contributed by atoms with Gasteiger partial charge in [0.1, 0.15) is 0 Å². The molecule has 1 amide bonds. The molecule has 0 aliphatic heterocycles. The molecule has 2 rings (SSSR count). The average molecular weight is 370 g/mol. The fraction of sp³-hybridized carbons (Fsp3) is 0.444. The Balaban J connectivity index is 2.33. The summed E-state index contributed by atoms with van der Waals surface area (Å²) in [4.78, 5) is 24.3. The van der Waals surface area contributed by atoms with Gasteiger partial charge in [0.25, 0.3) is 0 Å². The van der Waals surface area contributed by atoms with E-state index in [-0.39, 0.29) is 11.7 Å². The minimum atomic E-state index is -4.54. The van der Waals surface area contributed by atoms with E-state index in [0.717, 1.165) is 50.3 Å². The van der Waals surface area contributed by atoms with Gasteiger partial charge in [-0.2, -0.15) is 13.2 Å². The zero-order chi connectivity index (χ0) is 19.3. The maximum atomic E-state index is 13.0. The third-order valence-electron chi connectivity index (χ3n) is 4.46. The molecule has 1 fully saturated rings. The van der Waals surface area contributed by atoms with Crippen LogP contribution in [0.5, 0.6) is 0 Å². The Morgan fingerprint density at radius 2 is 1.85 bits per heavy atom. The molecule has 0 unspecified atom stereocenters. The fourth-order valence-corrected chi connectivity index (χ4v) is 3.11. The highest BCUT2D eigenvalue weighted by Gasteiger charge is 2.32. The van der Waals surface area contributed by atoms with Crippen molar-refractivity contribution in [1.29, 1.82) is 0 Å². The second-order valence-corrected chi connectivity index (χ2v) is 6.29. The molecule has 0 atom stereocenters. The van der Waals surface area contributed by atoms with Crippen LogP contribution in [0.1, 0.15) is 37.7 Å². The number of nitrogens with zero attached hydrogens (tertiary/aromatic N) is 1. The van der Waals surface area contributed by atoms with Gasteiger partial charge in [-0.15, -0.1) is 0 Å². The molecule has 1 saturated carbocycles. The first-order valence-corrected chi connectivity index (χ1v) is 8.34. The molecule has 5 nitrogen and oxygen atoms in total. The van der Waals surface area contributed by atoms with Crippen molar-refractivity contribution in [3.63, 3.8) is 0 Å². The van der Waals surface area contributed by atoms with E-state index >= 15 is 0 Å². The lowest BCUT2D eigenvalue weighted by Gasteiger charge is -2.34. The van der Waals surface area contributed by atoms with Gasteiger partial charge in [-0.1, -0.05) is 19.3 Å². The van der Waals surface area contributed by atoms with Crippen molar-refractivity contribution in [3.8, 4) is 0 Å². The second kappa shape index (κ2) is 8.25. The van der Waals surface area contributed by atoms with E-state index in [0.29, 0.717) is 11.8 Å². The second-order valence-electron chi connectivity index (χ2n) is 6.29. The number of carboxylic acid groups (broad SMARTS) is 1. The number of nitrogens with one attached hydrogen (secondary N) is 1. The van der Waals surface area contributed by atoms with Gasteiger partial charge in [-0.3, -0.25) is 4.79 Å². The van der Waals surface area contributed by atoms with E-state index < -0.39 is 23.6 Å². The number of aliphatic carboxylic acids is 1. The van der Waals surface area contributed by atoms with E-state index in [1.807, 2.05) is 4.90 Å². The summed E-state index contributed by atoms with van der Waals surface area (Å²) in [5.74, 6) is -2.12. The monoisotopic (exact) mass is 370 g/mol. The molecule has 0 bridgehead atoms. The van der Waals surface area contributed by atoms with Gasteiger partial charge in [-0.05, 0) is 31.0 Å². The third kappa shape index (κ3) is 5.24. The summed E-state index contributed by atoms with van der Waals surface area (Å²) < 4.78 is 39.1. The molecule has 0 aromatic heterocycles. The molecule has 0 saturated heterocycles. The Morgan fingerprint density at radius 3 is 2.42 bits per heavy atom. The quantitative estimate of drug-likeness (QED) is 0.767. The van der Waals surface area contributed by atoms with Crippen molar-refractivity contribution in [2.24, 2.45) is 0 Å². The molecule has 1 aliphatic carbocycles. The van der Waals surface area contributed by atoms with E-state index in [1.165, 1.54) is 6.07 Å². The van der Waals surface area contributed by atoms with Gasteiger partial charge >= 0.3 is 12.1 Å². The van der Waals surface area contributed by atoms with Crippen LogP contribution in [0.2, 0.25) is 0 Å². The summed E-state index contributed by atoms with van der Waals surface area (Å²) in [6.07, 6.45) is 1.98. The number of hydrogen-bond donors (Lipinski definition) is 2. The van der Waals surface area contributed by atoms with Gasteiger partial charge in [0.05, 0.1) is 16.9 Å². The number of anilines is 2. The van der Waals surface area contributed by atoms with E-state index in [4.69, 9.17) is 5.11 Å². The molecular weight excluding hydrogens is 349 g/mol. The summed E-state index contributed by atoms with van der Waals surface area (Å²) in [5.41, 5.74) is -0.397. The summed E-state index contributed by atoms with van der Waals surface area (Å²) in [7, 11) is 1.79. The maximum Gasteiger partial charge on any atom is 0.416 e. The number of amides is 1. The number of carboxylic acids is 1. The number of carbonyl (C=O) groups excluding carboxylic acids is 1. The molecule has 1 aromatic carbocycles. The Bertz CT molecular complexity index is 695. The van der Waals surface area contributed by atoms with Gasteiger partial charge in [0, 0.05) is 25.2 Å². The standard InChI is InChI=1S/C18H21F3N2O3/c1-23(13-5-3-2-4-6-13)15-8-7-12(18(19,20)21)11-14(15)22-16(24)9-10-17(25)26/h7-11,13H,2-6H2,1H3,(H,22,24)(H,25,26)/b10-9-. The Hall–Kier alpha value is -2.51. The van der Waals surface area contributed by atoms with Crippen molar-refractivity contribution in [1.82, 2.24) is 0 Å². The summed E-state index contributed by atoms with van der Waals surface area (Å²) in [6.45, 7) is 0. The lowest BCUT2D eigenvalue weighted by Crippen LogP contribution is -2.34. The predicted molar refractivity (Wildman–Crippen MR) is 92.1 cm³/mol. The lowest BCUT2D eigenvalue weighted by molar-refractivity contribution is -0.137. The summed E-state index contributed by atoms with van der Waals surface area (Å²) in [6, 6.07) is 3.39. The molecule has 0 radical (unpaired) electrons. The van der Waals surface area contributed by atoms with Crippen molar-refractivity contribution < 1.29 is 27.9 Å². The Morgan fingerprint density at radius 1 is 1.19 bits per heavy atom. The number of halogens is 3. The van der Waals surface area contributed by atoms with E-state index in [1.54, 1.807) is 7.05 Å². The predicted octanol–water partition coefficient (Wildman–Crippen LogP) is 4.05. The van der Waals surface area contributed by atoms with Crippen molar-refractivity contribution in [2.45, 2.75) is 44.3 Å². The van der Waals surface area contributed by atoms with Crippen LogP contribution in [0.4, 0.5) is 24.5 Å². The smallest absolute Gasteiger partial charge is 0.416 e. The number of carbonyl (C=O) groups is 2. The largest absolute Gasteiger partial charge is 0.478 e. The van der Waals surface area contributed by atoms with Crippen molar-refractivity contribution in [3.05, 3.63) is 35.9 Å². The first kappa shape index (κ1) is 19.8. The Kier molecular flexibility index (Phi) is 6.28. The maximum absolute atomic E-state index is 13.0. The van der Waals surface area contributed by atoms with Crippen LogP contribution in [-0.4, -0.2) is 30.1 Å². The molecule has 0 spiro atoms. The fourth-order valence-electron chi connectivity index (χ4n) is 3.11. The average Bonchev–Trinajstić information content (AvgIpc) is 2.59. The number of hydrogen-bond acceptors (Lipinski definition) is 3. The van der Waals surface area contributed by atoms with Crippen LogP contribution in [0.25, 0.3) is 0 Å². The minimum absolute atomic E-state index is 0.00735. The molecular formula is C18H21F3N2O3. The lowest BCUT2D eigenvalue weighted by atomic mass is 9.94. The molecule has 2 N–H and O–H groups in total. The van der Waals surface area contributed by atoms with Crippen molar-refractivity contribution in [2.75, 3.05) is 17.3 Å². The van der Waals surface area contributed by atoms with Crippen LogP contribution in [0.15, 0.2) is 30.4 Å². The zero-order valence-electron chi connectivity index (χ0n) is 14.3. The highest BCUT2D eigenvalue weighted by atomic mass is 19.4. The van der Waals surface area contributed by atoms with E-state index in [9.17, 15) is 22.8 Å². The first-order chi connectivity index (χ1) is 12.2. The minimum Gasteiger partial charge on any atom is -0.478 e. The SMILES string of the molecule is CN(c1ccc(C(F)(F)F)cc1NC(=O)/C=C\C(=O)O)C1CCCCC1. The van der Waals surface area contributed by atoms with Crippen LogP contribution in [0.3, 0.4) is 0 Å². The normalized spacial score (nSPS) is 15.8. The van der Waals surface area contributed by atoms with E-state index in [2.05, 4.69) is 5.32 Å². The van der Waals surface area contributed by atoms with Crippen molar-refractivity contribution >= 4 is 23.3 Å².